The van der Waals surface area contributed by atoms with Crippen molar-refractivity contribution in [3.8, 4) is 11.3 Å². The number of carbonyl (C=O) groups excluding carboxylic acids is 2. The Morgan fingerprint density at radius 1 is 1.17 bits per heavy atom. The number of amides is 1. The highest BCUT2D eigenvalue weighted by Gasteiger charge is 2.65. The number of carbonyl (C=O) groups is 3. The van der Waals surface area contributed by atoms with E-state index < -0.39 is 35.2 Å². The highest BCUT2D eigenvalue weighted by atomic mass is 35.5. The van der Waals surface area contributed by atoms with E-state index in [0.717, 1.165) is 10.7 Å². The lowest BCUT2D eigenvalue weighted by Crippen LogP contribution is -2.37. The molecule has 1 fully saturated rings. The summed E-state index contributed by atoms with van der Waals surface area (Å²) < 4.78 is 60.8. The average molecular weight is 658 g/mol. The van der Waals surface area contributed by atoms with Crippen LogP contribution in [0.3, 0.4) is 0 Å². The van der Waals surface area contributed by atoms with Gasteiger partial charge in [-0.2, -0.15) is 23.0 Å². The number of carboxylic acid groups (broad SMARTS) is 1. The zero-order valence-electron chi connectivity index (χ0n) is 24.7. The second-order valence-electron chi connectivity index (χ2n) is 11.8. The van der Waals surface area contributed by atoms with Crippen molar-refractivity contribution in [1.82, 2.24) is 24.2 Å². The maximum absolute atomic E-state index is 15.3. The fourth-order valence-electron chi connectivity index (χ4n) is 6.27. The van der Waals surface area contributed by atoms with Gasteiger partial charge in [0.1, 0.15) is 11.6 Å². The van der Waals surface area contributed by atoms with Gasteiger partial charge in [0.2, 0.25) is 5.91 Å². The fraction of sp³-hybridized carbons (Fsp3) is 0.344. The Balaban J connectivity index is 1.45. The van der Waals surface area contributed by atoms with Crippen molar-refractivity contribution in [1.29, 1.82) is 0 Å². The molecule has 4 aromatic rings. The molecule has 9 nitrogen and oxygen atoms in total. The van der Waals surface area contributed by atoms with E-state index in [1.54, 1.807) is 31.1 Å². The lowest BCUT2D eigenvalue weighted by atomic mass is 9.84. The second kappa shape index (κ2) is 11.4. The second-order valence-corrected chi connectivity index (χ2v) is 12.2. The van der Waals surface area contributed by atoms with Gasteiger partial charge in [0, 0.05) is 50.0 Å². The minimum Gasteiger partial charge on any atom is -0.478 e. The van der Waals surface area contributed by atoms with Crippen LogP contribution in [0.1, 0.15) is 62.6 Å². The fourth-order valence-corrected chi connectivity index (χ4v) is 6.53. The molecule has 2 heterocycles. The van der Waals surface area contributed by atoms with Crippen molar-refractivity contribution in [2.24, 2.45) is 13.0 Å². The quantitative estimate of drug-likeness (QED) is 0.251. The predicted octanol–water partition coefficient (Wildman–Crippen LogP) is 5.82. The minimum absolute atomic E-state index is 0.00313. The maximum atomic E-state index is 15.3. The molecule has 14 heteroatoms. The molecular formula is C32H28ClF4N5O4. The number of hydrogen-bond acceptors (Lipinski definition) is 5. The zero-order valence-corrected chi connectivity index (χ0v) is 25.5. The Morgan fingerprint density at radius 2 is 1.91 bits per heavy atom. The summed E-state index contributed by atoms with van der Waals surface area (Å²) in [5.41, 5.74) is -2.51. The summed E-state index contributed by atoms with van der Waals surface area (Å²) in [7, 11) is 3.43. The molecule has 2 aliphatic rings. The molecule has 1 unspecified atom stereocenters. The summed E-state index contributed by atoms with van der Waals surface area (Å²) in [4.78, 5) is 45.0. The maximum Gasteiger partial charge on any atom is 0.398 e. The van der Waals surface area contributed by atoms with Crippen LogP contribution in [-0.4, -0.2) is 60.3 Å². The van der Waals surface area contributed by atoms with Crippen LogP contribution in [0.2, 0.25) is 5.02 Å². The highest BCUT2D eigenvalue weighted by Crippen LogP contribution is 2.60. The molecule has 2 aromatic heterocycles. The third-order valence-electron chi connectivity index (χ3n) is 9.00. The van der Waals surface area contributed by atoms with Crippen LogP contribution < -0.4 is 0 Å². The molecule has 0 radical (unpaired) electrons. The van der Waals surface area contributed by atoms with Crippen LogP contribution in [0.15, 0.2) is 48.8 Å². The van der Waals surface area contributed by atoms with Crippen LogP contribution in [0, 0.1) is 11.7 Å². The summed E-state index contributed by atoms with van der Waals surface area (Å²) in [5, 5.41) is 13.5. The number of imidazole rings is 1. The van der Waals surface area contributed by atoms with Gasteiger partial charge >= 0.3 is 12.1 Å². The molecule has 1 saturated carbocycles. The average Bonchev–Trinajstić information content (AvgIpc) is 3.63. The standard InChI is InChI=1S/C32H28ClF4N5O4/c1-40-13-12-38-25(40)16-41(2)28(43)17-6-9-20-24(15-17)42(39-27(20)19-8-7-18(30(45)46)14-23(19)34)29(44)26-21(4-3-5-22(26)33)31(10-11-31)32(35,36)37/h3-5,7-8,12-14,17H,6,9-11,15-16H2,1-2H3,(H,45,46). The van der Waals surface area contributed by atoms with E-state index in [9.17, 15) is 32.7 Å². The largest absolute Gasteiger partial charge is 0.478 e. The molecule has 240 valence electrons. The SMILES string of the molecule is CN(Cc1nccn1C)C(=O)C1CCc2c(-c3ccc(C(=O)O)cc3F)nn(C(=O)c3c(Cl)cccc3C3(C(F)(F)F)CC3)c2C1. The lowest BCUT2D eigenvalue weighted by molar-refractivity contribution is -0.160. The lowest BCUT2D eigenvalue weighted by Gasteiger charge is -2.27. The molecule has 46 heavy (non-hydrogen) atoms. The van der Waals surface area contributed by atoms with Gasteiger partial charge in [0.25, 0.3) is 5.91 Å². The van der Waals surface area contributed by atoms with Crippen molar-refractivity contribution in [2.45, 2.75) is 50.2 Å². The first-order valence-corrected chi connectivity index (χ1v) is 14.9. The molecule has 0 aliphatic heterocycles. The molecule has 0 saturated heterocycles. The van der Waals surface area contributed by atoms with Gasteiger partial charge in [-0.1, -0.05) is 23.7 Å². The number of carboxylic acids is 1. The van der Waals surface area contributed by atoms with Gasteiger partial charge in [-0.05, 0) is 55.5 Å². The summed E-state index contributed by atoms with van der Waals surface area (Å²) in [5.74, 6) is -3.38. The Kier molecular flexibility index (Phi) is 7.78. The van der Waals surface area contributed by atoms with Gasteiger partial charge in [-0.25, -0.2) is 14.2 Å². The Bertz CT molecular complexity index is 1900. The number of aryl methyl sites for hydroxylation is 1. The monoisotopic (exact) mass is 657 g/mol. The van der Waals surface area contributed by atoms with Gasteiger partial charge in [-0.15, -0.1) is 0 Å². The molecule has 2 aliphatic carbocycles. The molecule has 2 aromatic carbocycles. The first-order valence-electron chi connectivity index (χ1n) is 14.5. The van der Waals surface area contributed by atoms with Crippen LogP contribution >= 0.6 is 11.6 Å². The van der Waals surface area contributed by atoms with Crippen molar-refractivity contribution in [3.05, 3.63) is 93.4 Å². The van der Waals surface area contributed by atoms with Gasteiger partial charge < -0.3 is 14.6 Å². The molecule has 1 amide bonds. The van der Waals surface area contributed by atoms with E-state index >= 15 is 4.39 Å². The smallest absolute Gasteiger partial charge is 0.398 e. The van der Waals surface area contributed by atoms with Crippen LogP contribution in [-0.2, 0) is 36.6 Å². The van der Waals surface area contributed by atoms with Gasteiger partial charge in [0.05, 0.1) is 39.5 Å². The molecular weight excluding hydrogens is 630 g/mol. The molecule has 1 N–H and O–H groups in total. The van der Waals surface area contributed by atoms with E-state index in [-0.39, 0.29) is 76.8 Å². The number of alkyl halides is 3. The van der Waals surface area contributed by atoms with Gasteiger partial charge in [0.15, 0.2) is 0 Å². The number of benzene rings is 2. The Hall–Kier alpha value is -4.52. The number of halogens is 5. The van der Waals surface area contributed by atoms with E-state index in [2.05, 4.69) is 10.1 Å². The summed E-state index contributed by atoms with van der Waals surface area (Å²) >= 11 is 6.42. The topological polar surface area (TPSA) is 110 Å². The normalized spacial score (nSPS) is 17.0. The number of hydrogen-bond donors (Lipinski definition) is 1. The molecule has 1 atom stereocenters. The molecule has 0 spiro atoms. The first-order chi connectivity index (χ1) is 21.7. The van der Waals surface area contributed by atoms with Gasteiger partial charge in [-0.3, -0.25) is 9.59 Å². The van der Waals surface area contributed by atoms with Crippen LogP contribution in [0.5, 0.6) is 0 Å². The van der Waals surface area contributed by atoms with Crippen molar-refractivity contribution >= 4 is 29.4 Å². The predicted molar refractivity (Wildman–Crippen MR) is 158 cm³/mol. The highest BCUT2D eigenvalue weighted by molar-refractivity contribution is 6.34. The molecule has 0 bridgehead atoms. The zero-order chi connectivity index (χ0) is 33.1. The minimum atomic E-state index is -4.63. The van der Waals surface area contributed by atoms with E-state index in [4.69, 9.17) is 11.6 Å². The number of rotatable bonds is 7. The number of nitrogens with zero attached hydrogens (tertiary/aromatic N) is 5. The van der Waals surface area contributed by atoms with Crippen molar-refractivity contribution in [2.75, 3.05) is 7.05 Å². The third kappa shape index (κ3) is 5.25. The first kappa shape index (κ1) is 31.5. The van der Waals surface area contributed by atoms with Crippen molar-refractivity contribution in [3.63, 3.8) is 0 Å². The third-order valence-corrected chi connectivity index (χ3v) is 9.31. The summed E-state index contributed by atoms with van der Waals surface area (Å²) in [6.45, 7) is 0.221. The summed E-state index contributed by atoms with van der Waals surface area (Å²) in [6, 6.07) is 7.18. The van der Waals surface area contributed by atoms with Crippen molar-refractivity contribution < 1.29 is 37.1 Å². The molecule has 6 rings (SSSR count). The van der Waals surface area contributed by atoms with E-state index in [1.165, 1.54) is 35.2 Å². The Morgan fingerprint density at radius 3 is 2.52 bits per heavy atom. The number of aromatic carboxylic acids is 1. The van der Waals surface area contributed by atoms with Crippen LogP contribution in [0.25, 0.3) is 11.3 Å². The Labute approximate surface area is 265 Å². The number of fused-ring (bicyclic) bond motifs is 1. The van der Waals surface area contributed by atoms with Crippen LogP contribution in [0.4, 0.5) is 17.6 Å². The van der Waals surface area contributed by atoms with E-state index in [1.807, 2.05) is 0 Å². The summed E-state index contributed by atoms with van der Waals surface area (Å²) in [6.07, 6.45) is -1.16. The van der Waals surface area contributed by atoms with E-state index in [0.29, 0.717) is 17.8 Å². The number of aromatic nitrogens is 4.